The number of rotatable bonds is 8. The zero-order chi connectivity index (χ0) is 52.8. The molecule has 368 valence electrons. The first kappa shape index (κ1) is 51.4. The van der Waals surface area contributed by atoms with E-state index in [0.29, 0.717) is 16.9 Å². The van der Waals surface area contributed by atoms with Crippen molar-refractivity contribution < 1.29 is 34.8 Å². The van der Waals surface area contributed by atoms with Gasteiger partial charge in [0.2, 0.25) is 0 Å². The normalized spacial score (nSPS) is 11.7. The van der Waals surface area contributed by atoms with Crippen molar-refractivity contribution in [1.29, 1.82) is 10.5 Å². The molecule has 72 heavy (non-hydrogen) atoms. The van der Waals surface area contributed by atoms with Crippen LogP contribution in [0.25, 0.3) is 45.3 Å². The summed E-state index contributed by atoms with van der Waals surface area (Å²) in [4.78, 5) is 53.0. The standard InChI is InChI=1S/C24H18F3N5O4S.C24H18F3N5O2S/c1-14-21(19-9-10-29-32(19)18-8-7-15(13-28)11-20(18)37(3,35)36)22(33)30(2)23(34)31(14)17-6-4-5-16(12-17)24(25,26)27;1-14-21(19-9-10-29-32(19)18-8-7-15(13-28)11-20(18)35-3)22(33)30(2)23(34)31(14)17-6-4-5-16(12-17)24(25,26)27/h4-12H,1-3H3;4-12H,1-3H3. The maximum atomic E-state index is 13.3. The number of hydrogen-bond acceptors (Lipinski definition) is 11. The molecule has 4 aromatic heterocycles. The number of nitrogens with zero attached hydrogens (tertiary/aromatic N) is 10. The van der Waals surface area contributed by atoms with Crippen molar-refractivity contribution in [2.75, 3.05) is 12.5 Å². The maximum absolute atomic E-state index is 13.3. The third-order valence-corrected chi connectivity index (χ3v) is 13.2. The lowest BCUT2D eigenvalue weighted by Gasteiger charge is -2.18. The van der Waals surface area contributed by atoms with Crippen LogP contribution in [0.3, 0.4) is 0 Å². The van der Waals surface area contributed by atoms with Gasteiger partial charge in [-0.2, -0.15) is 47.1 Å². The van der Waals surface area contributed by atoms with Crippen LogP contribution in [0, 0.1) is 36.5 Å². The Morgan fingerprint density at radius 3 is 1.42 bits per heavy atom. The second kappa shape index (κ2) is 19.4. The van der Waals surface area contributed by atoms with Crippen molar-refractivity contribution in [3.63, 3.8) is 0 Å². The van der Waals surface area contributed by atoms with E-state index in [1.807, 2.05) is 12.3 Å². The van der Waals surface area contributed by atoms with E-state index in [0.717, 1.165) is 59.8 Å². The molecular weight excluding hydrogens is 991 g/mol. The van der Waals surface area contributed by atoms with Crippen LogP contribution in [-0.2, 0) is 36.3 Å². The topological polar surface area (TPSA) is 205 Å². The molecule has 0 radical (unpaired) electrons. The fraction of sp³-hybridized carbons (Fsp3) is 0.167. The molecular formula is C48H36F6N10O6S2. The molecule has 16 nitrogen and oxygen atoms in total. The van der Waals surface area contributed by atoms with E-state index >= 15 is 0 Å². The molecule has 24 heteroatoms. The molecule has 4 heterocycles. The molecule has 0 saturated heterocycles. The Balaban J connectivity index is 0.000000212. The second-order valence-corrected chi connectivity index (χ2v) is 18.6. The van der Waals surface area contributed by atoms with E-state index in [2.05, 4.69) is 16.3 Å². The van der Waals surface area contributed by atoms with Crippen molar-refractivity contribution >= 4 is 21.6 Å². The fourth-order valence-electron chi connectivity index (χ4n) is 7.82. The largest absolute Gasteiger partial charge is 0.416 e. The third-order valence-electron chi connectivity index (χ3n) is 11.3. The Morgan fingerprint density at radius 1 is 0.597 bits per heavy atom. The van der Waals surface area contributed by atoms with E-state index in [-0.39, 0.29) is 55.7 Å². The van der Waals surface area contributed by atoms with Gasteiger partial charge in [0, 0.05) is 36.6 Å². The van der Waals surface area contributed by atoms with Gasteiger partial charge in [-0.05, 0) is 105 Å². The Hall–Kier alpha value is -8.48. The molecule has 0 aliphatic rings. The van der Waals surface area contributed by atoms with Gasteiger partial charge >= 0.3 is 23.7 Å². The van der Waals surface area contributed by atoms with Crippen molar-refractivity contribution in [2.45, 2.75) is 36.0 Å². The molecule has 0 saturated carbocycles. The van der Waals surface area contributed by atoms with E-state index in [1.54, 1.807) is 24.3 Å². The number of halogens is 6. The molecule has 0 N–H and O–H groups in total. The van der Waals surface area contributed by atoms with Crippen LogP contribution in [0.15, 0.2) is 138 Å². The first-order valence-electron chi connectivity index (χ1n) is 20.8. The average molecular weight is 1030 g/mol. The predicted octanol–water partition coefficient (Wildman–Crippen LogP) is 7.30. The number of nitriles is 2. The Kier molecular flexibility index (Phi) is 13.8. The molecule has 0 fully saturated rings. The summed E-state index contributed by atoms with van der Waals surface area (Å²) in [5, 5.41) is 26.9. The number of sulfone groups is 1. The van der Waals surface area contributed by atoms with Crippen molar-refractivity contribution in [3.8, 4) is 57.4 Å². The van der Waals surface area contributed by atoms with E-state index in [4.69, 9.17) is 0 Å². The zero-order valence-electron chi connectivity index (χ0n) is 38.4. The minimum Gasteiger partial charge on any atom is -0.268 e. The van der Waals surface area contributed by atoms with Crippen LogP contribution in [-0.4, -0.2) is 58.8 Å². The number of aromatic nitrogens is 8. The number of hydrogen-bond donors (Lipinski definition) is 0. The van der Waals surface area contributed by atoms with Crippen LogP contribution in [0.4, 0.5) is 26.3 Å². The Labute approximate surface area is 408 Å². The fourth-order valence-corrected chi connectivity index (χ4v) is 9.30. The van der Waals surface area contributed by atoms with Crippen molar-refractivity contribution in [3.05, 3.63) is 185 Å². The molecule has 0 atom stereocenters. The minimum absolute atomic E-state index is 0.0173. The van der Waals surface area contributed by atoms with Gasteiger partial charge in [-0.25, -0.2) is 27.4 Å². The lowest BCUT2D eigenvalue weighted by atomic mass is 10.1. The average Bonchev–Trinajstić information content (AvgIpc) is 4.03. The Bertz CT molecular complexity index is 3940. The van der Waals surface area contributed by atoms with Gasteiger partial charge in [-0.15, -0.1) is 11.8 Å². The summed E-state index contributed by atoms with van der Waals surface area (Å²) < 4.78 is 111. The van der Waals surface area contributed by atoms with E-state index in [1.165, 1.54) is 104 Å². The SMILES string of the molecule is CSc1cc(C#N)ccc1-n1nccc1-c1c(C)n(-c2cccc(C(F)(F)F)c2)c(=O)n(C)c1=O.Cc1c(-c2ccnn2-c2ccc(C#N)cc2S(C)(=O)=O)c(=O)n(C)c(=O)n1-c1cccc(C(F)(F)F)c1. The van der Waals surface area contributed by atoms with Crippen LogP contribution in [0.2, 0.25) is 0 Å². The van der Waals surface area contributed by atoms with Crippen LogP contribution in [0.5, 0.6) is 0 Å². The van der Waals surface area contributed by atoms with Gasteiger partial charge in [0.15, 0.2) is 9.84 Å². The van der Waals surface area contributed by atoms with Gasteiger partial charge in [-0.1, -0.05) is 12.1 Å². The van der Waals surface area contributed by atoms with Gasteiger partial charge in [-0.3, -0.25) is 27.9 Å². The van der Waals surface area contributed by atoms with Crippen LogP contribution >= 0.6 is 11.8 Å². The minimum atomic E-state index is -4.66. The highest BCUT2D eigenvalue weighted by molar-refractivity contribution is 7.98. The lowest BCUT2D eigenvalue weighted by molar-refractivity contribution is -0.138. The summed E-state index contributed by atoms with van der Waals surface area (Å²) in [5.74, 6) is 0. The van der Waals surface area contributed by atoms with Gasteiger partial charge in [0.1, 0.15) is 0 Å². The summed E-state index contributed by atoms with van der Waals surface area (Å²) in [7, 11) is -1.40. The Morgan fingerprint density at radius 2 is 1.01 bits per heavy atom. The predicted molar refractivity (Wildman–Crippen MR) is 253 cm³/mol. The lowest BCUT2D eigenvalue weighted by Crippen LogP contribution is -2.40. The third kappa shape index (κ3) is 9.56. The molecule has 0 aliphatic carbocycles. The highest BCUT2D eigenvalue weighted by atomic mass is 32.2. The van der Waals surface area contributed by atoms with Crippen LogP contribution in [0.1, 0.15) is 33.6 Å². The van der Waals surface area contributed by atoms with Crippen LogP contribution < -0.4 is 22.5 Å². The van der Waals surface area contributed by atoms with E-state index < -0.39 is 55.8 Å². The molecule has 0 aliphatic heterocycles. The molecule has 0 bridgehead atoms. The monoisotopic (exact) mass is 1030 g/mol. The first-order valence-corrected chi connectivity index (χ1v) is 23.9. The number of alkyl halides is 6. The van der Waals surface area contributed by atoms with Gasteiger partial charge in [0.05, 0.1) is 96.9 Å². The summed E-state index contributed by atoms with van der Waals surface area (Å²) in [5.41, 5.74) is -3.20. The number of thioether (sulfide) groups is 1. The summed E-state index contributed by atoms with van der Waals surface area (Å²) in [6.45, 7) is 2.90. The van der Waals surface area contributed by atoms with Gasteiger partial charge in [0.25, 0.3) is 11.1 Å². The molecule has 8 rings (SSSR count). The zero-order valence-corrected chi connectivity index (χ0v) is 40.0. The van der Waals surface area contributed by atoms with Crippen molar-refractivity contribution in [2.24, 2.45) is 14.1 Å². The van der Waals surface area contributed by atoms with Crippen molar-refractivity contribution in [1.82, 2.24) is 37.8 Å². The maximum Gasteiger partial charge on any atom is 0.416 e. The smallest absolute Gasteiger partial charge is 0.268 e. The number of benzene rings is 4. The second-order valence-electron chi connectivity index (χ2n) is 15.8. The first-order chi connectivity index (χ1) is 33.8. The van der Waals surface area contributed by atoms with E-state index in [9.17, 15) is 64.5 Å². The molecule has 4 aromatic carbocycles. The molecule has 8 aromatic rings. The summed E-state index contributed by atoms with van der Waals surface area (Å²) in [6.07, 6.45) is -3.68. The summed E-state index contributed by atoms with van der Waals surface area (Å²) >= 11 is 1.39. The highest BCUT2D eigenvalue weighted by Gasteiger charge is 2.33. The molecule has 0 unspecified atom stereocenters. The molecule has 0 amide bonds. The highest BCUT2D eigenvalue weighted by Crippen LogP contribution is 2.34. The molecule has 0 spiro atoms. The summed E-state index contributed by atoms with van der Waals surface area (Å²) in [6, 6.07) is 24.3. The van der Waals surface area contributed by atoms with Gasteiger partial charge < -0.3 is 0 Å². The quantitative estimate of drug-likeness (QED) is 0.109.